The monoisotopic (exact) mass is 371 g/mol. The Hall–Kier alpha value is -2.45. The smallest absolute Gasteiger partial charge is 0.239 e. The van der Waals surface area contributed by atoms with E-state index in [4.69, 9.17) is 0 Å². The van der Waals surface area contributed by atoms with Gasteiger partial charge < -0.3 is 5.32 Å². The summed E-state index contributed by atoms with van der Waals surface area (Å²) in [6, 6.07) is 7.82. The standard InChI is InChI=1S/C18H18FN5OS/c1-11-22-23-18(26-11)12-2-3-13-8-20-16(7-14(13)6-12)21-17(25)10-24-5-4-15(19)9-24/h2-3,6-8,15H,4-5,9-10H2,1H3,(H,20,21,25)/t15-/m1/s1. The Bertz CT molecular complexity index is 960. The van der Waals surface area contributed by atoms with Gasteiger partial charge in [0.05, 0.1) is 6.54 Å². The summed E-state index contributed by atoms with van der Waals surface area (Å²) in [4.78, 5) is 18.3. The number of hydrogen-bond donors (Lipinski definition) is 1. The summed E-state index contributed by atoms with van der Waals surface area (Å²) >= 11 is 1.54. The molecule has 3 heterocycles. The van der Waals surface area contributed by atoms with Crippen LogP contribution in [0.4, 0.5) is 10.2 Å². The van der Waals surface area contributed by atoms with E-state index in [9.17, 15) is 9.18 Å². The highest BCUT2D eigenvalue weighted by atomic mass is 32.1. The topological polar surface area (TPSA) is 71.0 Å². The van der Waals surface area contributed by atoms with Crippen LogP contribution in [0, 0.1) is 6.92 Å². The lowest BCUT2D eigenvalue weighted by molar-refractivity contribution is -0.117. The Morgan fingerprint density at radius 3 is 2.96 bits per heavy atom. The third kappa shape index (κ3) is 3.71. The van der Waals surface area contributed by atoms with Crippen LogP contribution in [0.2, 0.25) is 0 Å². The van der Waals surface area contributed by atoms with Crippen LogP contribution in [0.1, 0.15) is 11.4 Å². The highest BCUT2D eigenvalue weighted by Gasteiger charge is 2.23. The molecule has 3 aromatic rings. The first-order valence-corrected chi connectivity index (χ1v) is 9.25. The van der Waals surface area contributed by atoms with Crippen molar-refractivity contribution in [2.75, 3.05) is 25.0 Å². The van der Waals surface area contributed by atoms with Gasteiger partial charge in [0.15, 0.2) is 0 Å². The Balaban J connectivity index is 1.51. The number of fused-ring (bicyclic) bond motifs is 1. The number of alkyl halides is 1. The molecular formula is C18H18FN5OS. The average Bonchev–Trinajstić information content (AvgIpc) is 3.22. The largest absolute Gasteiger partial charge is 0.310 e. The minimum Gasteiger partial charge on any atom is -0.310 e. The molecule has 1 fully saturated rings. The van der Waals surface area contributed by atoms with Crippen molar-refractivity contribution in [3.8, 4) is 10.6 Å². The SMILES string of the molecule is Cc1nnc(-c2ccc3cnc(NC(=O)CN4CC[C@@H](F)C4)cc3c2)s1. The van der Waals surface area contributed by atoms with Crippen molar-refractivity contribution in [1.29, 1.82) is 0 Å². The molecule has 1 saturated heterocycles. The van der Waals surface area contributed by atoms with Gasteiger partial charge in [-0.2, -0.15) is 0 Å². The minimum absolute atomic E-state index is 0.179. The molecule has 0 aliphatic carbocycles. The fourth-order valence-electron chi connectivity index (χ4n) is 3.07. The van der Waals surface area contributed by atoms with Crippen molar-refractivity contribution < 1.29 is 9.18 Å². The first-order chi connectivity index (χ1) is 12.6. The summed E-state index contributed by atoms with van der Waals surface area (Å²) < 4.78 is 13.2. The number of carbonyl (C=O) groups is 1. The molecular weight excluding hydrogens is 353 g/mol. The predicted molar refractivity (Wildman–Crippen MR) is 100.0 cm³/mol. The molecule has 6 nitrogen and oxygen atoms in total. The third-order valence-corrected chi connectivity index (χ3v) is 5.23. The van der Waals surface area contributed by atoms with Crippen LogP contribution in [0.5, 0.6) is 0 Å². The first kappa shape index (κ1) is 17.0. The van der Waals surface area contributed by atoms with Gasteiger partial charge in [-0.25, -0.2) is 9.37 Å². The highest BCUT2D eigenvalue weighted by Crippen LogP contribution is 2.27. The highest BCUT2D eigenvalue weighted by molar-refractivity contribution is 7.14. The van der Waals surface area contributed by atoms with Gasteiger partial charge in [0.1, 0.15) is 22.0 Å². The molecule has 1 atom stereocenters. The summed E-state index contributed by atoms with van der Waals surface area (Å²) in [6.45, 7) is 3.04. The first-order valence-electron chi connectivity index (χ1n) is 8.43. The van der Waals surface area contributed by atoms with E-state index in [1.165, 1.54) is 11.3 Å². The summed E-state index contributed by atoms with van der Waals surface area (Å²) in [5.74, 6) is 0.311. The number of nitrogens with zero attached hydrogens (tertiary/aromatic N) is 4. The molecule has 1 aliphatic rings. The molecule has 2 aromatic heterocycles. The van der Waals surface area contributed by atoms with Gasteiger partial charge in [0.25, 0.3) is 0 Å². The minimum atomic E-state index is -0.830. The second-order valence-corrected chi connectivity index (χ2v) is 7.61. The van der Waals surface area contributed by atoms with Gasteiger partial charge in [-0.3, -0.25) is 9.69 Å². The molecule has 4 rings (SSSR count). The second-order valence-electron chi connectivity index (χ2n) is 6.43. The van der Waals surface area contributed by atoms with E-state index in [1.54, 1.807) is 6.20 Å². The van der Waals surface area contributed by atoms with Crippen molar-refractivity contribution in [3.05, 3.63) is 35.5 Å². The third-order valence-electron chi connectivity index (χ3n) is 4.34. The zero-order valence-corrected chi connectivity index (χ0v) is 15.1. The maximum Gasteiger partial charge on any atom is 0.239 e. The molecule has 1 aliphatic heterocycles. The lowest BCUT2D eigenvalue weighted by Gasteiger charge is -2.14. The summed E-state index contributed by atoms with van der Waals surface area (Å²) in [7, 11) is 0. The van der Waals surface area contributed by atoms with E-state index < -0.39 is 6.17 Å². The van der Waals surface area contributed by atoms with Crippen LogP contribution >= 0.6 is 11.3 Å². The molecule has 26 heavy (non-hydrogen) atoms. The fourth-order valence-corrected chi connectivity index (χ4v) is 3.76. The molecule has 0 spiro atoms. The number of nitrogens with one attached hydrogen (secondary N) is 1. The molecule has 134 valence electrons. The Labute approximate surface area is 154 Å². The van der Waals surface area contributed by atoms with Crippen LogP contribution < -0.4 is 5.32 Å². The predicted octanol–water partition coefficient (Wildman–Crippen LogP) is 3.04. The van der Waals surface area contributed by atoms with Crippen molar-refractivity contribution in [2.45, 2.75) is 19.5 Å². The fraction of sp³-hybridized carbons (Fsp3) is 0.333. The van der Waals surface area contributed by atoms with Crippen molar-refractivity contribution >= 4 is 33.8 Å². The summed E-state index contributed by atoms with van der Waals surface area (Å²) in [5.41, 5.74) is 0.984. The molecule has 1 aromatic carbocycles. The zero-order chi connectivity index (χ0) is 18.1. The van der Waals surface area contributed by atoms with Crippen LogP contribution in [0.15, 0.2) is 30.5 Å². The van der Waals surface area contributed by atoms with E-state index in [-0.39, 0.29) is 12.5 Å². The van der Waals surface area contributed by atoms with E-state index in [0.29, 0.717) is 25.3 Å². The molecule has 8 heteroatoms. The second kappa shape index (κ2) is 7.05. The van der Waals surface area contributed by atoms with Crippen molar-refractivity contribution in [1.82, 2.24) is 20.1 Å². The number of rotatable bonds is 4. The number of anilines is 1. The molecule has 0 bridgehead atoms. The normalized spacial score (nSPS) is 17.7. The maximum atomic E-state index is 13.2. The Kier molecular flexibility index (Phi) is 4.60. The number of carbonyl (C=O) groups excluding carboxylic acids is 1. The van der Waals surface area contributed by atoms with Gasteiger partial charge in [0, 0.05) is 30.2 Å². The Morgan fingerprint density at radius 1 is 1.35 bits per heavy atom. The lowest BCUT2D eigenvalue weighted by atomic mass is 10.1. The number of aromatic nitrogens is 3. The van der Waals surface area contributed by atoms with Crippen LogP contribution in [-0.2, 0) is 4.79 Å². The van der Waals surface area contributed by atoms with Gasteiger partial charge >= 0.3 is 0 Å². The number of halogens is 1. The van der Waals surface area contributed by atoms with Crippen LogP contribution in [0.25, 0.3) is 21.3 Å². The maximum absolute atomic E-state index is 13.2. The number of hydrogen-bond acceptors (Lipinski definition) is 6. The zero-order valence-electron chi connectivity index (χ0n) is 14.3. The van der Waals surface area contributed by atoms with Crippen LogP contribution in [0.3, 0.4) is 0 Å². The number of likely N-dealkylation sites (tertiary alicyclic amines) is 1. The van der Waals surface area contributed by atoms with Gasteiger partial charge in [0.2, 0.25) is 5.91 Å². The number of aryl methyl sites for hydroxylation is 1. The number of amides is 1. The number of pyridine rings is 1. The number of benzene rings is 1. The average molecular weight is 371 g/mol. The van der Waals surface area contributed by atoms with Crippen molar-refractivity contribution in [2.24, 2.45) is 0 Å². The van der Waals surface area contributed by atoms with E-state index in [0.717, 1.165) is 26.4 Å². The van der Waals surface area contributed by atoms with Gasteiger partial charge in [-0.05, 0) is 30.9 Å². The van der Waals surface area contributed by atoms with Crippen LogP contribution in [-0.4, -0.2) is 51.8 Å². The molecule has 0 radical (unpaired) electrons. The van der Waals surface area contributed by atoms with Gasteiger partial charge in [-0.1, -0.05) is 23.5 Å². The lowest BCUT2D eigenvalue weighted by Crippen LogP contribution is -2.32. The quantitative estimate of drug-likeness (QED) is 0.763. The van der Waals surface area contributed by atoms with E-state index in [2.05, 4.69) is 20.5 Å². The molecule has 1 amide bonds. The molecule has 1 N–H and O–H groups in total. The van der Waals surface area contributed by atoms with Crippen molar-refractivity contribution in [3.63, 3.8) is 0 Å². The van der Waals surface area contributed by atoms with E-state index >= 15 is 0 Å². The Morgan fingerprint density at radius 2 is 2.23 bits per heavy atom. The molecule has 0 saturated carbocycles. The molecule has 0 unspecified atom stereocenters. The van der Waals surface area contributed by atoms with Gasteiger partial charge in [-0.15, -0.1) is 10.2 Å². The van der Waals surface area contributed by atoms with E-state index in [1.807, 2.05) is 36.1 Å². The summed E-state index contributed by atoms with van der Waals surface area (Å²) in [5, 5.41) is 14.7. The summed E-state index contributed by atoms with van der Waals surface area (Å²) in [6.07, 6.45) is 1.40.